The fourth-order valence-corrected chi connectivity index (χ4v) is 5.04. The maximum atomic E-state index is 14.9. The van der Waals surface area contributed by atoms with Gasteiger partial charge in [0.05, 0.1) is 29.1 Å². The molecule has 1 aromatic carbocycles. The summed E-state index contributed by atoms with van der Waals surface area (Å²) in [5.74, 6) is -1.06. The summed E-state index contributed by atoms with van der Waals surface area (Å²) < 4.78 is 54.6. The zero-order valence-electron chi connectivity index (χ0n) is 17.4. The van der Waals surface area contributed by atoms with Gasteiger partial charge in [0.2, 0.25) is 5.95 Å². The third-order valence-corrected chi connectivity index (χ3v) is 7.18. The van der Waals surface area contributed by atoms with Crippen molar-refractivity contribution in [1.29, 1.82) is 0 Å². The Morgan fingerprint density at radius 2 is 1.82 bits per heavy atom. The third kappa shape index (κ3) is 4.55. The smallest absolute Gasteiger partial charge is 0.229 e. The van der Waals surface area contributed by atoms with E-state index in [-0.39, 0.29) is 42.4 Å². The van der Waals surface area contributed by atoms with Gasteiger partial charge in [-0.25, -0.2) is 22.2 Å². The lowest BCUT2D eigenvalue weighted by Crippen LogP contribution is -2.40. The van der Waals surface area contributed by atoms with Gasteiger partial charge in [0, 0.05) is 49.2 Å². The van der Waals surface area contributed by atoms with E-state index in [9.17, 15) is 17.2 Å². The molecule has 1 aliphatic rings. The molecule has 0 radical (unpaired) electrons. The first kappa shape index (κ1) is 21.4. The Kier molecular flexibility index (Phi) is 5.51. The minimum Gasteiger partial charge on any atom is -0.323 e. The van der Waals surface area contributed by atoms with E-state index in [1.807, 2.05) is 6.07 Å². The lowest BCUT2D eigenvalue weighted by molar-refractivity contribution is 0.278. The Morgan fingerprint density at radius 1 is 1.06 bits per heavy atom. The number of sulfone groups is 1. The van der Waals surface area contributed by atoms with Crippen molar-refractivity contribution >= 4 is 32.5 Å². The first-order valence-corrected chi connectivity index (χ1v) is 12.1. The number of hydrogen-bond acceptors (Lipinski definition) is 7. The maximum absolute atomic E-state index is 14.9. The van der Waals surface area contributed by atoms with Crippen molar-refractivity contribution in [1.82, 2.24) is 24.4 Å². The normalized spacial score (nSPS) is 16.2. The van der Waals surface area contributed by atoms with E-state index in [1.54, 1.807) is 46.4 Å². The van der Waals surface area contributed by atoms with Crippen LogP contribution in [0.15, 0.2) is 55.1 Å². The van der Waals surface area contributed by atoms with Crippen LogP contribution in [-0.4, -0.2) is 57.4 Å². The second kappa shape index (κ2) is 8.49. The predicted octanol–water partition coefficient (Wildman–Crippen LogP) is 3.07. The lowest BCUT2D eigenvalue weighted by atomic mass is 10.1. The van der Waals surface area contributed by atoms with Gasteiger partial charge in [-0.2, -0.15) is 4.98 Å². The fourth-order valence-electron chi connectivity index (χ4n) is 3.76. The quantitative estimate of drug-likeness (QED) is 0.479. The topological polar surface area (TPSA) is 93.0 Å². The molecule has 170 valence electrons. The average Bonchev–Trinajstić information content (AvgIpc) is 3.21. The Morgan fingerprint density at radius 3 is 2.52 bits per heavy atom. The molecular formula is C22H20F2N6O2S. The number of fused-ring (bicyclic) bond motifs is 1. The number of hydrogen-bond donors (Lipinski definition) is 1. The molecule has 0 bridgehead atoms. The third-order valence-electron chi connectivity index (χ3n) is 5.57. The highest BCUT2D eigenvalue weighted by Crippen LogP contribution is 2.25. The monoisotopic (exact) mass is 470 g/mol. The molecule has 0 atom stereocenters. The van der Waals surface area contributed by atoms with Gasteiger partial charge < -0.3 is 9.88 Å². The number of benzene rings is 1. The van der Waals surface area contributed by atoms with Crippen LogP contribution in [0, 0.1) is 11.6 Å². The Hall–Kier alpha value is -3.44. The van der Waals surface area contributed by atoms with Gasteiger partial charge in [0.1, 0.15) is 17.3 Å². The van der Waals surface area contributed by atoms with Crippen molar-refractivity contribution in [3.05, 3.63) is 72.3 Å². The Labute approximate surface area is 188 Å². The second-order valence-corrected chi connectivity index (χ2v) is 10.1. The van der Waals surface area contributed by atoms with E-state index in [1.165, 1.54) is 12.1 Å². The molecule has 4 aromatic rings. The van der Waals surface area contributed by atoms with Crippen LogP contribution in [0.2, 0.25) is 0 Å². The first-order chi connectivity index (χ1) is 15.9. The summed E-state index contributed by atoms with van der Waals surface area (Å²) >= 11 is 0. The van der Waals surface area contributed by atoms with Crippen molar-refractivity contribution in [2.75, 3.05) is 29.9 Å². The Balaban J connectivity index is 1.43. The summed E-state index contributed by atoms with van der Waals surface area (Å²) in [5, 5.41) is 3.77. The molecule has 3 aromatic heterocycles. The van der Waals surface area contributed by atoms with Gasteiger partial charge in [-0.3, -0.25) is 9.88 Å². The number of nitrogens with zero attached hydrogens (tertiary/aromatic N) is 5. The molecule has 1 fully saturated rings. The molecular weight excluding hydrogens is 450 g/mol. The molecule has 1 N–H and O–H groups in total. The van der Waals surface area contributed by atoms with Gasteiger partial charge in [0.15, 0.2) is 9.84 Å². The van der Waals surface area contributed by atoms with Crippen LogP contribution in [0.25, 0.3) is 16.7 Å². The fraction of sp³-hybridized carbons (Fsp3) is 0.227. The number of aromatic nitrogens is 4. The summed E-state index contributed by atoms with van der Waals surface area (Å²) in [6.07, 6.45) is 6.59. The molecule has 0 aliphatic carbocycles. The maximum Gasteiger partial charge on any atom is 0.229 e. The first-order valence-electron chi connectivity index (χ1n) is 10.3. The standard InChI is InChI=1S/C22H20F2N6O2S/c23-19-10-17(11-20(24)18(19)14-29-6-8-33(31,32)9-7-29)30-5-3-15-12-26-22(28-21(15)30)27-16-2-1-4-25-13-16/h1-5,10-13H,6-9,14H2,(H,26,27,28). The number of anilines is 2. The summed E-state index contributed by atoms with van der Waals surface area (Å²) in [5.41, 5.74) is 1.41. The molecule has 0 saturated carbocycles. The zero-order valence-corrected chi connectivity index (χ0v) is 18.3. The molecule has 0 spiro atoms. The number of pyridine rings is 1. The van der Waals surface area contributed by atoms with E-state index in [2.05, 4.69) is 20.3 Å². The molecule has 0 amide bonds. The van der Waals surface area contributed by atoms with Crippen molar-refractivity contribution in [2.24, 2.45) is 0 Å². The van der Waals surface area contributed by atoms with Crippen molar-refractivity contribution < 1.29 is 17.2 Å². The minimum atomic E-state index is -3.06. The lowest BCUT2D eigenvalue weighted by Gasteiger charge is -2.26. The summed E-state index contributed by atoms with van der Waals surface area (Å²) in [6, 6.07) is 7.88. The summed E-state index contributed by atoms with van der Waals surface area (Å²) in [7, 11) is -3.06. The zero-order chi connectivity index (χ0) is 23.0. The van der Waals surface area contributed by atoms with Gasteiger partial charge in [0.25, 0.3) is 0 Å². The van der Waals surface area contributed by atoms with Crippen molar-refractivity contribution in [3.8, 4) is 5.69 Å². The number of nitrogens with one attached hydrogen (secondary N) is 1. The van der Waals surface area contributed by atoms with E-state index in [0.29, 0.717) is 22.7 Å². The highest BCUT2D eigenvalue weighted by atomic mass is 32.2. The Bertz CT molecular complexity index is 1390. The van der Waals surface area contributed by atoms with Gasteiger partial charge in [-0.05, 0) is 30.3 Å². The highest BCUT2D eigenvalue weighted by Gasteiger charge is 2.24. The predicted molar refractivity (Wildman–Crippen MR) is 120 cm³/mol. The van der Waals surface area contributed by atoms with E-state index < -0.39 is 21.5 Å². The van der Waals surface area contributed by atoms with E-state index in [4.69, 9.17) is 0 Å². The number of halogens is 2. The number of rotatable bonds is 5. The molecule has 4 heterocycles. The van der Waals surface area contributed by atoms with Crippen LogP contribution in [0.5, 0.6) is 0 Å². The molecule has 0 unspecified atom stereocenters. The van der Waals surface area contributed by atoms with Gasteiger partial charge in [-0.15, -0.1) is 0 Å². The van der Waals surface area contributed by atoms with Crippen LogP contribution < -0.4 is 5.32 Å². The largest absolute Gasteiger partial charge is 0.323 e. The molecule has 5 rings (SSSR count). The van der Waals surface area contributed by atoms with Crippen LogP contribution in [0.3, 0.4) is 0 Å². The van der Waals surface area contributed by atoms with Gasteiger partial charge >= 0.3 is 0 Å². The summed E-state index contributed by atoms with van der Waals surface area (Å²) in [4.78, 5) is 14.6. The molecule has 8 nitrogen and oxygen atoms in total. The SMILES string of the molecule is O=S1(=O)CCN(Cc2c(F)cc(-n3ccc4cnc(Nc5cccnc5)nc43)cc2F)CC1. The van der Waals surface area contributed by atoms with Crippen LogP contribution in [0.1, 0.15) is 5.56 Å². The van der Waals surface area contributed by atoms with E-state index in [0.717, 1.165) is 0 Å². The summed E-state index contributed by atoms with van der Waals surface area (Å²) in [6.45, 7) is 0.533. The highest BCUT2D eigenvalue weighted by molar-refractivity contribution is 7.91. The molecule has 1 aliphatic heterocycles. The average molecular weight is 471 g/mol. The molecule has 11 heteroatoms. The van der Waals surface area contributed by atoms with Crippen molar-refractivity contribution in [3.63, 3.8) is 0 Å². The molecule has 33 heavy (non-hydrogen) atoms. The van der Waals surface area contributed by atoms with Crippen LogP contribution in [0.4, 0.5) is 20.4 Å². The molecule has 1 saturated heterocycles. The van der Waals surface area contributed by atoms with Crippen molar-refractivity contribution in [2.45, 2.75) is 6.54 Å². The van der Waals surface area contributed by atoms with Gasteiger partial charge in [-0.1, -0.05) is 0 Å². The van der Waals surface area contributed by atoms with Crippen LogP contribution >= 0.6 is 0 Å². The minimum absolute atomic E-state index is 0.00119. The van der Waals surface area contributed by atoms with Crippen LogP contribution in [-0.2, 0) is 16.4 Å². The second-order valence-electron chi connectivity index (χ2n) is 7.84. The van der Waals surface area contributed by atoms with E-state index >= 15 is 0 Å².